The Morgan fingerprint density at radius 1 is 1.29 bits per heavy atom. The molecule has 1 aromatic carbocycles. The lowest BCUT2D eigenvalue weighted by atomic mass is 10.1. The molecule has 2 N–H and O–H groups in total. The second kappa shape index (κ2) is 7.88. The van der Waals surface area contributed by atoms with Crippen molar-refractivity contribution in [1.29, 1.82) is 5.41 Å². The third kappa shape index (κ3) is 4.11. The minimum absolute atomic E-state index is 0.0990. The number of rotatable bonds is 4. The second-order valence-electron chi connectivity index (χ2n) is 4.61. The quantitative estimate of drug-likeness (QED) is 0.662. The summed E-state index contributed by atoms with van der Waals surface area (Å²) in [7, 11) is 1.66. The Labute approximate surface area is 131 Å². The van der Waals surface area contributed by atoms with Crippen LogP contribution in [0.25, 0.3) is 0 Å². The van der Waals surface area contributed by atoms with Crippen LogP contribution in [0.3, 0.4) is 0 Å². The third-order valence-electron chi connectivity index (χ3n) is 3.40. The van der Waals surface area contributed by atoms with Crippen LogP contribution in [-0.4, -0.2) is 37.0 Å². The molecule has 0 heterocycles. The molecule has 1 aromatic rings. The Morgan fingerprint density at radius 2 is 1.90 bits per heavy atom. The lowest BCUT2D eigenvalue weighted by Crippen LogP contribution is -2.48. The minimum Gasteiger partial charge on any atom is -0.343 e. The highest BCUT2D eigenvalue weighted by Gasteiger charge is 2.19. The molecule has 0 saturated carbocycles. The molecule has 116 valence electrons. The molecular weight excluding hydrogens is 288 g/mol. The molecular formula is C15H23ClN4O. The second-order valence-corrected chi connectivity index (χ2v) is 5.02. The van der Waals surface area contributed by atoms with Gasteiger partial charge in [0.2, 0.25) is 0 Å². The van der Waals surface area contributed by atoms with E-state index in [1.807, 2.05) is 32.9 Å². The van der Waals surface area contributed by atoms with Crippen molar-refractivity contribution in [2.24, 2.45) is 0 Å². The molecule has 2 amide bonds. The van der Waals surface area contributed by atoms with E-state index in [0.29, 0.717) is 23.8 Å². The molecule has 0 unspecified atom stereocenters. The van der Waals surface area contributed by atoms with Gasteiger partial charge >= 0.3 is 6.03 Å². The lowest BCUT2D eigenvalue weighted by Gasteiger charge is -2.26. The summed E-state index contributed by atoms with van der Waals surface area (Å²) in [6, 6.07) is 5.21. The average Bonchev–Trinajstić information content (AvgIpc) is 2.47. The molecule has 0 saturated heterocycles. The first kappa shape index (κ1) is 17.3. The molecule has 1 rings (SSSR count). The van der Waals surface area contributed by atoms with Gasteiger partial charge in [0.05, 0.1) is 10.7 Å². The number of hydrogen-bond donors (Lipinski definition) is 2. The maximum absolute atomic E-state index is 12.3. The van der Waals surface area contributed by atoms with E-state index in [2.05, 4.69) is 5.32 Å². The summed E-state index contributed by atoms with van der Waals surface area (Å²) >= 11 is 6.21. The molecule has 0 atom stereocenters. The van der Waals surface area contributed by atoms with E-state index < -0.39 is 0 Å². The summed E-state index contributed by atoms with van der Waals surface area (Å²) in [6.07, 6.45) is 0.779. The molecule has 0 spiro atoms. The molecule has 0 aliphatic rings. The summed E-state index contributed by atoms with van der Waals surface area (Å²) in [5.74, 6) is 0.0990. The number of carbonyl (C=O) groups is 1. The maximum atomic E-state index is 12.3. The van der Waals surface area contributed by atoms with Gasteiger partial charge < -0.3 is 4.90 Å². The minimum atomic E-state index is -0.366. The number of nitrogens with one attached hydrogen (secondary N) is 2. The standard InChI is InChI=1S/C15H23ClN4O/c1-5-11-9-8-10-12(16)13(11)19(4)15(21)18-14(17)20(6-2)7-3/h8-10H,5-7H2,1-4H3,(H2,17,18,21). The smallest absolute Gasteiger partial charge is 0.328 e. The van der Waals surface area contributed by atoms with E-state index in [1.54, 1.807) is 18.0 Å². The van der Waals surface area contributed by atoms with Gasteiger partial charge in [0, 0.05) is 20.1 Å². The molecule has 0 bridgehead atoms. The fourth-order valence-electron chi connectivity index (χ4n) is 2.13. The topological polar surface area (TPSA) is 59.4 Å². The van der Waals surface area contributed by atoms with E-state index >= 15 is 0 Å². The molecule has 0 aliphatic heterocycles. The number of anilines is 1. The van der Waals surface area contributed by atoms with Crippen LogP contribution in [-0.2, 0) is 6.42 Å². The zero-order chi connectivity index (χ0) is 16.0. The van der Waals surface area contributed by atoms with Crippen molar-refractivity contribution in [3.8, 4) is 0 Å². The van der Waals surface area contributed by atoms with Gasteiger partial charge in [0.15, 0.2) is 5.96 Å². The van der Waals surface area contributed by atoms with Crippen molar-refractivity contribution >= 4 is 29.3 Å². The summed E-state index contributed by atoms with van der Waals surface area (Å²) in [4.78, 5) is 15.5. The number of urea groups is 1. The van der Waals surface area contributed by atoms with Crippen LogP contribution in [0.4, 0.5) is 10.5 Å². The van der Waals surface area contributed by atoms with Gasteiger partial charge in [-0.2, -0.15) is 0 Å². The van der Waals surface area contributed by atoms with E-state index in [1.165, 1.54) is 4.90 Å². The van der Waals surface area contributed by atoms with Gasteiger partial charge in [-0.15, -0.1) is 0 Å². The van der Waals surface area contributed by atoms with E-state index in [4.69, 9.17) is 17.0 Å². The number of benzene rings is 1. The zero-order valence-corrected chi connectivity index (χ0v) is 13.8. The van der Waals surface area contributed by atoms with Gasteiger partial charge in [-0.1, -0.05) is 30.7 Å². The van der Waals surface area contributed by atoms with Crippen LogP contribution < -0.4 is 10.2 Å². The number of amides is 2. The summed E-state index contributed by atoms with van der Waals surface area (Å²) < 4.78 is 0. The number of carbonyl (C=O) groups excluding carboxylic acids is 1. The predicted molar refractivity (Wildman–Crippen MR) is 88.4 cm³/mol. The molecule has 21 heavy (non-hydrogen) atoms. The van der Waals surface area contributed by atoms with E-state index in [9.17, 15) is 4.79 Å². The Balaban J connectivity index is 2.91. The summed E-state index contributed by atoms with van der Waals surface area (Å²) in [5, 5.41) is 11.0. The fourth-order valence-corrected chi connectivity index (χ4v) is 2.45. The number of para-hydroxylation sites is 1. The van der Waals surface area contributed by atoms with Crippen LogP contribution in [0.1, 0.15) is 26.3 Å². The lowest BCUT2D eigenvalue weighted by molar-refractivity contribution is 0.250. The first-order chi connectivity index (χ1) is 9.96. The van der Waals surface area contributed by atoms with Crippen molar-refractivity contribution in [2.75, 3.05) is 25.0 Å². The van der Waals surface area contributed by atoms with Crippen molar-refractivity contribution < 1.29 is 4.79 Å². The van der Waals surface area contributed by atoms with Crippen LogP contribution >= 0.6 is 11.6 Å². The Morgan fingerprint density at radius 3 is 2.43 bits per heavy atom. The molecule has 6 heteroatoms. The zero-order valence-electron chi connectivity index (χ0n) is 13.0. The van der Waals surface area contributed by atoms with Gasteiger partial charge in [-0.3, -0.25) is 15.6 Å². The van der Waals surface area contributed by atoms with Crippen molar-refractivity contribution in [3.05, 3.63) is 28.8 Å². The summed E-state index contributed by atoms with van der Waals surface area (Å²) in [5.41, 5.74) is 1.68. The van der Waals surface area contributed by atoms with Gasteiger partial charge in [-0.25, -0.2) is 4.79 Å². The molecule has 5 nitrogen and oxygen atoms in total. The highest BCUT2D eigenvalue weighted by Crippen LogP contribution is 2.29. The fraction of sp³-hybridized carbons (Fsp3) is 0.467. The van der Waals surface area contributed by atoms with Gasteiger partial charge in [0.1, 0.15) is 0 Å². The number of guanidine groups is 1. The normalized spacial score (nSPS) is 10.1. The number of halogens is 1. The maximum Gasteiger partial charge on any atom is 0.328 e. The summed E-state index contributed by atoms with van der Waals surface area (Å²) in [6.45, 7) is 7.24. The van der Waals surface area contributed by atoms with E-state index in [-0.39, 0.29) is 12.0 Å². The SMILES string of the molecule is CCc1cccc(Cl)c1N(C)C(=O)NC(=N)N(CC)CC. The predicted octanol–water partition coefficient (Wildman–Crippen LogP) is 3.32. The first-order valence-electron chi connectivity index (χ1n) is 7.11. The highest BCUT2D eigenvalue weighted by molar-refractivity contribution is 6.34. The number of nitrogens with zero attached hydrogens (tertiary/aromatic N) is 2. The largest absolute Gasteiger partial charge is 0.343 e. The molecule has 0 aliphatic carbocycles. The third-order valence-corrected chi connectivity index (χ3v) is 3.70. The average molecular weight is 311 g/mol. The van der Waals surface area contributed by atoms with Gasteiger partial charge in [0.25, 0.3) is 0 Å². The highest BCUT2D eigenvalue weighted by atomic mass is 35.5. The van der Waals surface area contributed by atoms with Crippen molar-refractivity contribution in [1.82, 2.24) is 10.2 Å². The van der Waals surface area contributed by atoms with Crippen molar-refractivity contribution in [2.45, 2.75) is 27.2 Å². The van der Waals surface area contributed by atoms with E-state index in [0.717, 1.165) is 12.0 Å². The Bertz CT molecular complexity index is 514. The van der Waals surface area contributed by atoms with Crippen molar-refractivity contribution in [3.63, 3.8) is 0 Å². The molecule has 0 fully saturated rings. The van der Waals surface area contributed by atoms with Crippen LogP contribution in [0.5, 0.6) is 0 Å². The van der Waals surface area contributed by atoms with Gasteiger partial charge in [-0.05, 0) is 31.9 Å². The molecule has 0 aromatic heterocycles. The monoisotopic (exact) mass is 310 g/mol. The van der Waals surface area contributed by atoms with Crippen LogP contribution in [0, 0.1) is 5.41 Å². The number of hydrogen-bond acceptors (Lipinski definition) is 2. The molecule has 0 radical (unpaired) electrons. The van der Waals surface area contributed by atoms with Crippen LogP contribution in [0.15, 0.2) is 18.2 Å². The first-order valence-corrected chi connectivity index (χ1v) is 7.49. The Hall–Kier alpha value is -1.75. The van der Waals surface area contributed by atoms with Crippen LogP contribution in [0.2, 0.25) is 5.02 Å². The number of aryl methyl sites for hydroxylation is 1. The Kier molecular flexibility index (Phi) is 6.49.